The zero-order valence-corrected chi connectivity index (χ0v) is 9.78. The van der Waals surface area contributed by atoms with Crippen LogP contribution in [-0.4, -0.2) is 23.6 Å². The Morgan fingerprint density at radius 2 is 2.29 bits per heavy atom. The number of rotatable bonds is 4. The van der Waals surface area contributed by atoms with Crippen molar-refractivity contribution in [3.63, 3.8) is 0 Å². The van der Waals surface area contributed by atoms with Crippen LogP contribution in [0.2, 0.25) is 0 Å². The molecule has 0 aromatic heterocycles. The van der Waals surface area contributed by atoms with Crippen LogP contribution in [0.4, 0.5) is 5.69 Å². The molecule has 1 aromatic carbocycles. The van der Waals surface area contributed by atoms with Crippen LogP contribution < -0.4 is 10.6 Å². The standard InChI is InChI=1S/C13H18N2O2/c16-9-10-4-1-2-6-12(10)15-13(17)8-11-5-3-7-14-11/h1-2,4,6,11,14,16H,3,5,7-9H2,(H,15,17). The van der Waals surface area contributed by atoms with E-state index in [2.05, 4.69) is 10.6 Å². The number of anilines is 1. The largest absolute Gasteiger partial charge is 0.392 e. The first-order valence-electron chi connectivity index (χ1n) is 6.01. The van der Waals surface area contributed by atoms with Gasteiger partial charge in [-0.15, -0.1) is 0 Å². The maximum atomic E-state index is 11.8. The third-order valence-electron chi connectivity index (χ3n) is 3.06. The first-order chi connectivity index (χ1) is 8.29. The smallest absolute Gasteiger partial charge is 0.225 e. The summed E-state index contributed by atoms with van der Waals surface area (Å²) in [7, 11) is 0. The Morgan fingerprint density at radius 3 is 3.00 bits per heavy atom. The summed E-state index contributed by atoms with van der Waals surface area (Å²) in [5, 5.41) is 15.3. The van der Waals surface area contributed by atoms with Gasteiger partial charge in [-0.2, -0.15) is 0 Å². The molecule has 1 fully saturated rings. The van der Waals surface area contributed by atoms with Crippen LogP contribution >= 0.6 is 0 Å². The van der Waals surface area contributed by atoms with Crippen LogP contribution in [0.5, 0.6) is 0 Å². The molecule has 0 radical (unpaired) electrons. The number of amides is 1. The Bertz CT molecular complexity index is 387. The first-order valence-corrected chi connectivity index (χ1v) is 6.01. The molecule has 1 aliphatic heterocycles. The molecule has 2 rings (SSSR count). The van der Waals surface area contributed by atoms with Crippen molar-refractivity contribution < 1.29 is 9.90 Å². The van der Waals surface area contributed by atoms with Gasteiger partial charge in [-0.05, 0) is 25.5 Å². The minimum atomic E-state index is -0.0574. The Hall–Kier alpha value is -1.39. The number of aliphatic hydroxyl groups is 1. The fraction of sp³-hybridized carbons (Fsp3) is 0.462. The summed E-state index contributed by atoms with van der Waals surface area (Å²) in [6.07, 6.45) is 2.71. The molecule has 1 aliphatic rings. The number of para-hydroxylation sites is 1. The van der Waals surface area contributed by atoms with Crippen molar-refractivity contribution in [2.45, 2.75) is 31.9 Å². The number of carbonyl (C=O) groups excluding carboxylic acids is 1. The van der Waals surface area contributed by atoms with Gasteiger partial charge in [0.1, 0.15) is 0 Å². The molecule has 0 aliphatic carbocycles. The van der Waals surface area contributed by atoms with Gasteiger partial charge >= 0.3 is 0 Å². The van der Waals surface area contributed by atoms with E-state index in [1.165, 1.54) is 0 Å². The molecule has 92 valence electrons. The number of aliphatic hydroxyl groups excluding tert-OH is 1. The molecule has 1 saturated heterocycles. The van der Waals surface area contributed by atoms with Gasteiger partial charge in [0, 0.05) is 23.7 Å². The van der Waals surface area contributed by atoms with E-state index in [0.717, 1.165) is 24.9 Å². The predicted octanol–water partition coefficient (Wildman–Crippen LogP) is 1.26. The quantitative estimate of drug-likeness (QED) is 0.735. The Balaban J connectivity index is 1.92. The van der Waals surface area contributed by atoms with Gasteiger partial charge < -0.3 is 15.7 Å². The topological polar surface area (TPSA) is 61.4 Å². The summed E-state index contributed by atoms with van der Waals surface area (Å²) in [6, 6.07) is 7.62. The second kappa shape index (κ2) is 5.80. The van der Waals surface area contributed by atoms with Crippen molar-refractivity contribution in [2.75, 3.05) is 11.9 Å². The predicted molar refractivity (Wildman–Crippen MR) is 66.6 cm³/mol. The normalized spacial score (nSPS) is 19.2. The molecule has 17 heavy (non-hydrogen) atoms. The highest BCUT2D eigenvalue weighted by atomic mass is 16.3. The molecule has 3 N–H and O–H groups in total. The van der Waals surface area contributed by atoms with Gasteiger partial charge in [-0.1, -0.05) is 18.2 Å². The SMILES string of the molecule is O=C(CC1CCCN1)Nc1ccccc1CO. The highest BCUT2D eigenvalue weighted by Crippen LogP contribution is 2.16. The van der Waals surface area contributed by atoms with E-state index in [0.29, 0.717) is 18.2 Å². The summed E-state index contributed by atoms with van der Waals surface area (Å²) in [5.41, 5.74) is 1.46. The molecule has 1 unspecified atom stereocenters. The third-order valence-corrected chi connectivity index (χ3v) is 3.06. The van der Waals surface area contributed by atoms with Gasteiger partial charge in [0.25, 0.3) is 0 Å². The summed E-state index contributed by atoms with van der Waals surface area (Å²) in [6.45, 7) is 0.948. The monoisotopic (exact) mass is 234 g/mol. The molecule has 1 amide bonds. The van der Waals surface area contributed by atoms with Crippen molar-refractivity contribution in [3.05, 3.63) is 29.8 Å². The highest BCUT2D eigenvalue weighted by Gasteiger charge is 2.17. The maximum Gasteiger partial charge on any atom is 0.225 e. The lowest BCUT2D eigenvalue weighted by molar-refractivity contribution is -0.116. The molecular weight excluding hydrogens is 216 g/mol. The van der Waals surface area contributed by atoms with Crippen molar-refractivity contribution in [1.82, 2.24) is 5.32 Å². The fourth-order valence-corrected chi connectivity index (χ4v) is 2.14. The van der Waals surface area contributed by atoms with Gasteiger partial charge in [0.15, 0.2) is 0 Å². The molecule has 0 bridgehead atoms. The van der Waals surface area contributed by atoms with E-state index in [-0.39, 0.29) is 12.5 Å². The lowest BCUT2D eigenvalue weighted by Crippen LogP contribution is -2.27. The van der Waals surface area contributed by atoms with E-state index in [1.54, 1.807) is 0 Å². The minimum Gasteiger partial charge on any atom is -0.392 e. The number of carbonyl (C=O) groups is 1. The maximum absolute atomic E-state index is 11.8. The van der Waals surface area contributed by atoms with Gasteiger partial charge in [-0.25, -0.2) is 0 Å². The zero-order chi connectivity index (χ0) is 12.1. The van der Waals surface area contributed by atoms with E-state index < -0.39 is 0 Å². The average molecular weight is 234 g/mol. The van der Waals surface area contributed by atoms with E-state index in [1.807, 2.05) is 24.3 Å². The lowest BCUT2D eigenvalue weighted by Gasteiger charge is -2.12. The minimum absolute atomic E-state index is 0.00491. The van der Waals surface area contributed by atoms with Gasteiger partial charge in [-0.3, -0.25) is 4.79 Å². The fourth-order valence-electron chi connectivity index (χ4n) is 2.14. The van der Waals surface area contributed by atoms with Crippen molar-refractivity contribution in [2.24, 2.45) is 0 Å². The zero-order valence-electron chi connectivity index (χ0n) is 9.78. The van der Waals surface area contributed by atoms with E-state index in [4.69, 9.17) is 5.11 Å². The first kappa shape index (κ1) is 12.1. The Morgan fingerprint density at radius 1 is 1.47 bits per heavy atom. The summed E-state index contributed by atoms with van der Waals surface area (Å²) in [5.74, 6) is 0.00491. The lowest BCUT2D eigenvalue weighted by atomic mass is 10.1. The van der Waals surface area contributed by atoms with Crippen LogP contribution in [-0.2, 0) is 11.4 Å². The second-order valence-corrected chi connectivity index (χ2v) is 4.36. The number of hydrogen-bond donors (Lipinski definition) is 3. The number of hydrogen-bond acceptors (Lipinski definition) is 3. The van der Waals surface area contributed by atoms with Gasteiger partial charge in [0.05, 0.1) is 6.61 Å². The third kappa shape index (κ3) is 3.28. The van der Waals surface area contributed by atoms with Gasteiger partial charge in [0.2, 0.25) is 5.91 Å². The molecule has 0 saturated carbocycles. The molecule has 1 atom stereocenters. The van der Waals surface area contributed by atoms with E-state index in [9.17, 15) is 4.79 Å². The summed E-state index contributed by atoms with van der Waals surface area (Å²) in [4.78, 5) is 11.8. The number of benzene rings is 1. The average Bonchev–Trinajstić information content (AvgIpc) is 2.82. The van der Waals surface area contributed by atoms with Crippen molar-refractivity contribution in [1.29, 1.82) is 0 Å². The van der Waals surface area contributed by atoms with Crippen LogP contribution in [0.1, 0.15) is 24.8 Å². The number of nitrogens with one attached hydrogen (secondary N) is 2. The van der Waals surface area contributed by atoms with Crippen LogP contribution in [0.3, 0.4) is 0 Å². The van der Waals surface area contributed by atoms with Crippen molar-refractivity contribution in [3.8, 4) is 0 Å². The van der Waals surface area contributed by atoms with Crippen LogP contribution in [0.25, 0.3) is 0 Å². The summed E-state index contributed by atoms with van der Waals surface area (Å²) >= 11 is 0. The molecular formula is C13H18N2O2. The molecule has 1 aromatic rings. The highest BCUT2D eigenvalue weighted by molar-refractivity contribution is 5.91. The molecule has 0 spiro atoms. The Labute approximate surface area is 101 Å². The summed E-state index contributed by atoms with van der Waals surface area (Å²) < 4.78 is 0. The molecule has 4 nitrogen and oxygen atoms in total. The van der Waals surface area contributed by atoms with Crippen LogP contribution in [0.15, 0.2) is 24.3 Å². The Kier molecular flexibility index (Phi) is 4.12. The molecule has 4 heteroatoms. The van der Waals surface area contributed by atoms with Crippen molar-refractivity contribution >= 4 is 11.6 Å². The van der Waals surface area contributed by atoms with E-state index >= 15 is 0 Å². The van der Waals surface area contributed by atoms with Crippen LogP contribution in [0, 0.1) is 0 Å². The molecule has 1 heterocycles. The second-order valence-electron chi connectivity index (χ2n) is 4.36.